The van der Waals surface area contributed by atoms with Gasteiger partial charge < -0.3 is 9.84 Å². The Balaban J connectivity index is 2.73. The van der Waals surface area contributed by atoms with E-state index < -0.39 is 12.1 Å². The number of methoxy groups -OCH3 is 1. The van der Waals surface area contributed by atoms with Crippen LogP contribution in [0.1, 0.15) is 17.2 Å². The van der Waals surface area contributed by atoms with Gasteiger partial charge in [0.15, 0.2) is 6.10 Å². The molecule has 0 aromatic heterocycles. The van der Waals surface area contributed by atoms with Gasteiger partial charge in [0.05, 0.1) is 0 Å². The number of carbonyl (C=O) groups is 1. The van der Waals surface area contributed by atoms with Crippen molar-refractivity contribution in [3.63, 3.8) is 0 Å². The van der Waals surface area contributed by atoms with Crippen LogP contribution in [0, 0.1) is 6.92 Å². The quantitative estimate of drug-likeness (QED) is 0.881. The summed E-state index contributed by atoms with van der Waals surface area (Å²) in [7, 11) is 1.42. The first kappa shape index (κ1) is 11.6. The normalized spacial score (nSPS) is 12.6. The van der Waals surface area contributed by atoms with E-state index in [9.17, 15) is 9.90 Å². The number of hydrogen-bond donors (Lipinski definition) is 1. The number of ether oxygens (including phenoxy) is 1. The van der Waals surface area contributed by atoms with Crippen LogP contribution in [0.4, 0.5) is 0 Å². The maximum absolute atomic E-state index is 11.2. The van der Waals surface area contributed by atoms with Gasteiger partial charge >= 0.3 is 5.97 Å². The number of rotatable bonds is 3. The van der Waals surface area contributed by atoms with Gasteiger partial charge in [-0.15, -0.1) is 0 Å². The fourth-order valence-electron chi connectivity index (χ4n) is 2.09. The predicted molar refractivity (Wildman–Crippen MR) is 66.1 cm³/mol. The maximum atomic E-state index is 11.2. The lowest BCUT2D eigenvalue weighted by atomic mass is 9.95. The number of hydrogen-bond acceptors (Lipinski definition) is 2. The van der Waals surface area contributed by atoms with E-state index >= 15 is 0 Å². The molecule has 17 heavy (non-hydrogen) atoms. The minimum absolute atomic E-state index is 0.734. The zero-order valence-corrected chi connectivity index (χ0v) is 9.81. The number of aliphatic carboxylic acids is 1. The minimum atomic E-state index is -0.966. The second-order valence-electron chi connectivity index (χ2n) is 3.97. The molecule has 0 amide bonds. The average molecular weight is 230 g/mol. The van der Waals surface area contributed by atoms with Crippen molar-refractivity contribution in [1.29, 1.82) is 0 Å². The van der Waals surface area contributed by atoms with Gasteiger partial charge in [0.2, 0.25) is 0 Å². The monoisotopic (exact) mass is 230 g/mol. The lowest BCUT2D eigenvalue weighted by molar-refractivity contribution is -0.148. The summed E-state index contributed by atoms with van der Waals surface area (Å²) in [4.78, 5) is 11.2. The molecule has 0 saturated carbocycles. The van der Waals surface area contributed by atoms with Crippen LogP contribution in [0.3, 0.4) is 0 Å². The molecule has 0 heterocycles. The molecule has 2 aromatic carbocycles. The van der Waals surface area contributed by atoms with Gasteiger partial charge in [-0.1, -0.05) is 36.4 Å². The molecule has 0 aliphatic heterocycles. The number of carboxylic acids is 1. The Morgan fingerprint density at radius 1 is 1.24 bits per heavy atom. The first-order valence-corrected chi connectivity index (χ1v) is 5.39. The molecule has 0 aliphatic carbocycles. The zero-order valence-electron chi connectivity index (χ0n) is 9.81. The van der Waals surface area contributed by atoms with E-state index in [1.54, 1.807) is 0 Å². The van der Waals surface area contributed by atoms with Gasteiger partial charge in [-0.3, -0.25) is 0 Å². The highest BCUT2D eigenvalue weighted by Crippen LogP contribution is 2.29. The van der Waals surface area contributed by atoms with Crippen molar-refractivity contribution in [3.05, 3.63) is 47.5 Å². The van der Waals surface area contributed by atoms with Gasteiger partial charge in [0.25, 0.3) is 0 Å². The van der Waals surface area contributed by atoms with Crippen LogP contribution < -0.4 is 0 Å². The fraction of sp³-hybridized carbons (Fsp3) is 0.214. The van der Waals surface area contributed by atoms with Crippen LogP contribution in [-0.4, -0.2) is 18.2 Å². The first-order valence-electron chi connectivity index (χ1n) is 5.39. The Hall–Kier alpha value is -1.87. The van der Waals surface area contributed by atoms with Crippen LogP contribution in [0.25, 0.3) is 10.8 Å². The SMILES string of the molecule is COC(C(=O)O)c1c(C)ccc2ccccc12. The summed E-state index contributed by atoms with van der Waals surface area (Å²) >= 11 is 0. The molecule has 0 bridgehead atoms. The van der Waals surface area contributed by atoms with E-state index in [0.717, 1.165) is 21.9 Å². The third-order valence-electron chi connectivity index (χ3n) is 2.91. The van der Waals surface area contributed by atoms with Crippen molar-refractivity contribution in [1.82, 2.24) is 0 Å². The summed E-state index contributed by atoms with van der Waals surface area (Å²) < 4.78 is 5.09. The van der Waals surface area contributed by atoms with Gasteiger partial charge in [0.1, 0.15) is 0 Å². The molecule has 88 valence electrons. The molecule has 0 aliphatic rings. The lowest BCUT2D eigenvalue weighted by Crippen LogP contribution is -2.15. The number of benzene rings is 2. The molecule has 0 saturated heterocycles. The molecule has 3 heteroatoms. The van der Waals surface area contributed by atoms with Crippen molar-refractivity contribution in [2.45, 2.75) is 13.0 Å². The smallest absolute Gasteiger partial charge is 0.337 e. The van der Waals surface area contributed by atoms with E-state index in [1.165, 1.54) is 7.11 Å². The van der Waals surface area contributed by atoms with E-state index in [4.69, 9.17) is 4.74 Å². The summed E-state index contributed by atoms with van der Waals surface area (Å²) in [6, 6.07) is 11.6. The van der Waals surface area contributed by atoms with E-state index in [2.05, 4.69) is 0 Å². The number of fused-ring (bicyclic) bond motifs is 1. The number of aryl methyl sites for hydroxylation is 1. The Bertz CT molecular complexity index is 560. The molecule has 2 aromatic rings. The molecule has 1 unspecified atom stereocenters. The Kier molecular flexibility index (Phi) is 3.11. The second-order valence-corrected chi connectivity index (χ2v) is 3.97. The molecule has 2 rings (SSSR count). The first-order chi connectivity index (χ1) is 8.15. The topological polar surface area (TPSA) is 46.5 Å². The number of carboxylic acid groups (broad SMARTS) is 1. The van der Waals surface area contributed by atoms with Gasteiger partial charge in [-0.2, -0.15) is 0 Å². The minimum Gasteiger partial charge on any atom is -0.479 e. The largest absolute Gasteiger partial charge is 0.479 e. The van der Waals surface area contributed by atoms with Crippen LogP contribution in [0.15, 0.2) is 36.4 Å². The van der Waals surface area contributed by atoms with Crippen molar-refractivity contribution < 1.29 is 14.6 Å². The van der Waals surface area contributed by atoms with Crippen molar-refractivity contribution in [2.75, 3.05) is 7.11 Å². The molecule has 0 spiro atoms. The van der Waals surface area contributed by atoms with Crippen LogP contribution in [0.2, 0.25) is 0 Å². The average Bonchev–Trinajstić information content (AvgIpc) is 2.32. The standard InChI is InChI=1S/C14H14O3/c1-9-7-8-10-5-3-4-6-11(10)12(9)13(17-2)14(15)16/h3-8,13H,1-2H3,(H,15,16). The molecule has 0 radical (unpaired) electrons. The lowest BCUT2D eigenvalue weighted by Gasteiger charge is -2.16. The highest BCUT2D eigenvalue weighted by atomic mass is 16.5. The van der Waals surface area contributed by atoms with Crippen LogP contribution >= 0.6 is 0 Å². The fourth-order valence-corrected chi connectivity index (χ4v) is 2.09. The van der Waals surface area contributed by atoms with Crippen molar-refractivity contribution in [3.8, 4) is 0 Å². The summed E-state index contributed by atoms with van der Waals surface area (Å²) in [5, 5.41) is 11.1. The summed E-state index contributed by atoms with van der Waals surface area (Å²) in [5.41, 5.74) is 1.66. The summed E-state index contributed by atoms with van der Waals surface area (Å²) in [5.74, 6) is -0.966. The molecular weight excluding hydrogens is 216 g/mol. The molecular formula is C14H14O3. The van der Waals surface area contributed by atoms with Crippen molar-refractivity contribution in [2.24, 2.45) is 0 Å². The molecule has 0 fully saturated rings. The highest BCUT2D eigenvalue weighted by Gasteiger charge is 2.22. The Morgan fingerprint density at radius 2 is 1.94 bits per heavy atom. The van der Waals surface area contributed by atoms with Crippen LogP contribution in [-0.2, 0) is 9.53 Å². The summed E-state index contributed by atoms with van der Waals surface area (Å²) in [6.07, 6.45) is -0.916. The van der Waals surface area contributed by atoms with E-state index in [1.807, 2.05) is 43.3 Å². The Labute approximate surface area is 99.6 Å². The maximum Gasteiger partial charge on any atom is 0.337 e. The molecule has 3 nitrogen and oxygen atoms in total. The summed E-state index contributed by atoms with van der Waals surface area (Å²) in [6.45, 7) is 1.90. The third-order valence-corrected chi connectivity index (χ3v) is 2.91. The molecule has 1 atom stereocenters. The molecule has 1 N–H and O–H groups in total. The van der Waals surface area contributed by atoms with Gasteiger partial charge in [-0.05, 0) is 23.3 Å². The Morgan fingerprint density at radius 3 is 2.59 bits per heavy atom. The third kappa shape index (κ3) is 2.01. The predicted octanol–water partition coefficient (Wildman–Crippen LogP) is 2.92. The van der Waals surface area contributed by atoms with E-state index in [0.29, 0.717) is 0 Å². The van der Waals surface area contributed by atoms with Crippen LogP contribution in [0.5, 0.6) is 0 Å². The van der Waals surface area contributed by atoms with E-state index in [-0.39, 0.29) is 0 Å². The highest BCUT2D eigenvalue weighted by molar-refractivity contribution is 5.91. The van der Waals surface area contributed by atoms with Crippen molar-refractivity contribution >= 4 is 16.7 Å². The zero-order chi connectivity index (χ0) is 12.4. The van der Waals surface area contributed by atoms with Gasteiger partial charge in [-0.25, -0.2) is 4.79 Å². The second kappa shape index (κ2) is 4.55. The van der Waals surface area contributed by atoms with Gasteiger partial charge in [0, 0.05) is 12.7 Å².